The predicted octanol–water partition coefficient (Wildman–Crippen LogP) is 4.27. The lowest BCUT2D eigenvalue weighted by atomic mass is 10.2. The second-order valence-corrected chi connectivity index (χ2v) is 5.17. The molecule has 1 N–H and O–H groups in total. The summed E-state index contributed by atoms with van der Waals surface area (Å²) in [4.78, 5) is 11.6. The molecule has 0 spiro atoms. The van der Waals surface area contributed by atoms with Crippen molar-refractivity contribution in [2.45, 2.75) is 12.9 Å². The summed E-state index contributed by atoms with van der Waals surface area (Å²) < 4.78 is 45.6. The summed E-state index contributed by atoms with van der Waals surface area (Å²) in [5, 5.41) is 2.60. The van der Waals surface area contributed by atoms with Crippen molar-refractivity contribution in [3.63, 3.8) is 0 Å². The first-order valence-corrected chi connectivity index (χ1v) is 7.17. The maximum absolute atomic E-state index is 12.0. The minimum Gasteiger partial charge on any atom is -0.450 e. The molecule has 0 saturated heterocycles. The maximum atomic E-state index is 12.0. The number of hydrogen-bond donors (Lipinski definition) is 1. The second-order valence-electron chi connectivity index (χ2n) is 4.38. The highest BCUT2D eigenvalue weighted by molar-refractivity contribution is 9.10. The lowest BCUT2D eigenvalue weighted by Gasteiger charge is -2.09. The topological polar surface area (TPSA) is 51.5 Å². The van der Waals surface area contributed by atoms with Crippen LogP contribution in [-0.2, 0) is 11.3 Å². The minimum absolute atomic E-state index is 0.178. The van der Waals surface area contributed by atoms with Crippen LogP contribution >= 0.6 is 15.9 Å². The SMILES string of the molecule is O=C(/C=C/c1ccc(Br)o1)NCc1ccc(OC(F)(F)F)cc1. The van der Waals surface area contributed by atoms with E-state index in [9.17, 15) is 18.0 Å². The molecular weight excluding hydrogens is 379 g/mol. The highest BCUT2D eigenvalue weighted by Crippen LogP contribution is 2.22. The fourth-order valence-electron chi connectivity index (χ4n) is 1.63. The van der Waals surface area contributed by atoms with Crippen LogP contribution in [0.5, 0.6) is 5.75 Å². The molecule has 1 amide bonds. The standard InChI is InChI=1S/C15H11BrF3NO3/c16-13-7-5-11(22-13)6-8-14(21)20-9-10-1-3-12(4-2-10)23-15(17,18)19/h1-8H,9H2,(H,20,21)/b8-6+. The molecule has 23 heavy (non-hydrogen) atoms. The first-order chi connectivity index (χ1) is 10.8. The largest absolute Gasteiger partial charge is 0.573 e. The van der Waals surface area contributed by atoms with Crippen molar-refractivity contribution >= 4 is 27.9 Å². The van der Waals surface area contributed by atoms with Crippen molar-refractivity contribution in [2.75, 3.05) is 0 Å². The highest BCUT2D eigenvalue weighted by atomic mass is 79.9. The number of carbonyl (C=O) groups is 1. The van der Waals surface area contributed by atoms with E-state index in [2.05, 4.69) is 26.0 Å². The number of hydrogen-bond acceptors (Lipinski definition) is 3. The smallest absolute Gasteiger partial charge is 0.450 e. The molecule has 0 aliphatic carbocycles. The summed E-state index contributed by atoms with van der Waals surface area (Å²) >= 11 is 3.14. The molecule has 1 aromatic heterocycles. The van der Waals surface area contributed by atoms with Crippen LogP contribution in [0.15, 0.2) is 51.6 Å². The zero-order chi connectivity index (χ0) is 16.9. The Hall–Kier alpha value is -2.22. The van der Waals surface area contributed by atoms with Crippen LogP contribution < -0.4 is 10.1 Å². The lowest BCUT2D eigenvalue weighted by molar-refractivity contribution is -0.274. The number of nitrogens with one attached hydrogen (secondary N) is 1. The molecule has 1 heterocycles. The molecule has 0 saturated carbocycles. The van der Waals surface area contributed by atoms with E-state index in [-0.39, 0.29) is 18.2 Å². The number of ether oxygens (including phenoxy) is 1. The molecule has 0 aliphatic heterocycles. The third-order valence-corrected chi connectivity index (χ3v) is 3.04. The van der Waals surface area contributed by atoms with Gasteiger partial charge in [-0.1, -0.05) is 12.1 Å². The van der Waals surface area contributed by atoms with Crippen LogP contribution in [0.4, 0.5) is 13.2 Å². The van der Waals surface area contributed by atoms with Gasteiger partial charge in [0, 0.05) is 12.6 Å². The maximum Gasteiger partial charge on any atom is 0.573 e. The summed E-state index contributed by atoms with van der Waals surface area (Å²) in [6, 6.07) is 8.63. The summed E-state index contributed by atoms with van der Waals surface area (Å²) in [5.74, 6) is -0.148. The van der Waals surface area contributed by atoms with E-state index >= 15 is 0 Å². The first kappa shape index (κ1) is 17.1. The molecule has 2 rings (SSSR count). The van der Waals surface area contributed by atoms with Crippen LogP contribution in [-0.4, -0.2) is 12.3 Å². The number of halogens is 4. The Balaban J connectivity index is 1.83. The van der Waals surface area contributed by atoms with Gasteiger partial charge >= 0.3 is 6.36 Å². The molecule has 0 bridgehead atoms. The van der Waals surface area contributed by atoms with Gasteiger partial charge in [-0.25, -0.2) is 0 Å². The normalized spacial score (nSPS) is 11.7. The van der Waals surface area contributed by atoms with Gasteiger partial charge in [0.25, 0.3) is 0 Å². The van der Waals surface area contributed by atoms with Gasteiger partial charge in [-0.05, 0) is 51.8 Å². The fraction of sp³-hybridized carbons (Fsp3) is 0.133. The van der Waals surface area contributed by atoms with Crippen molar-refractivity contribution in [1.82, 2.24) is 5.32 Å². The van der Waals surface area contributed by atoms with Crippen LogP contribution in [0.2, 0.25) is 0 Å². The highest BCUT2D eigenvalue weighted by Gasteiger charge is 2.30. The second kappa shape index (κ2) is 7.36. The van der Waals surface area contributed by atoms with E-state index in [1.165, 1.54) is 36.4 Å². The van der Waals surface area contributed by atoms with Crippen LogP contribution in [0.3, 0.4) is 0 Å². The van der Waals surface area contributed by atoms with Gasteiger partial charge in [-0.15, -0.1) is 13.2 Å². The fourth-order valence-corrected chi connectivity index (χ4v) is 1.95. The molecule has 0 atom stereocenters. The summed E-state index contributed by atoms with van der Waals surface area (Å²) in [6.45, 7) is 0.178. The van der Waals surface area contributed by atoms with Crippen molar-refractivity contribution in [2.24, 2.45) is 0 Å². The van der Waals surface area contributed by atoms with Gasteiger partial charge in [-0.2, -0.15) is 0 Å². The molecule has 122 valence electrons. The Kier molecular flexibility index (Phi) is 5.49. The number of furan rings is 1. The van der Waals surface area contributed by atoms with E-state index in [0.717, 1.165) is 0 Å². The Bertz CT molecular complexity index is 693. The molecule has 2 aromatic rings. The predicted molar refractivity (Wildman–Crippen MR) is 80.4 cm³/mol. The molecule has 4 nitrogen and oxygen atoms in total. The molecular formula is C15H11BrF3NO3. The molecule has 0 radical (unpaired) electrons. The first-order valence-electron chi connectivity index (χ1n) is 6.38. The van der Waals surface area contributed by atoms with Gasteiger partial charge in [0.05, 0.1) is 0 Å². The van der Waals surface area contributed by atoms with Crippen LogP contribution in [0.1, 0.15) is 11.3 Å². The quantitative estimate of drug-likeness (QED) is 0.776. The number of rotatable bonds is 5. The zero-order valence-electron chi connectivity index (χ0n) is 11.6. The Labute approximate surface area is 138 Å². The van der Waals surface area contributed by atoms with Gasteiger partial charge in [0.15, 0.2) is 4.67 Å². The van der Waals surface area contributed by atoms with E-state index in [4.69, 9.17) is 4.42 Å². The third-order valence-electron chi connectivity index (χ3n) is 2.62. The van der Waals surface area contributed by atoms with Crippen molar-refractivity contribution in [1.29, 1.82) is 0 Å². The van der Waals surface area contributed by atoms with Crippen molar-refractivity contribution < 1.29 is 27.1 Å². The molecule has 0 aliphatic rings. The average molecular weight is 390 g/mol. The molecule has 0 fully saturated rings. The molecule has 8 heteroatoms. The van der Waals surface area contributed by atoms with Crippen molar-refractivity contribution in [3.05, 3.63) is 58.5 Å². The average Bonchev–Trinajstić information content (AvgIpc) is 2.88. The lowest BCUT2D eigenvalue weighted by Crippen LogP contribution is -2.20. The molecule has 0 unspecified atom stereocenters. The Morgan fingerprint density at radius 2 is 1.91 bits per heavy atom. The van der Waals surface area contributed by atoms with Crippen LogP contribution in [0.25, 0.3) is 6.08 Å². The van der Waals surface area contributed by atoms with E-state index in [0.29, 0.717) is 16.0 Å². The molecule has 1 aromatic carbocycles. The number of amides is 1. The van der Waals surface area contributed by atoms with Gasteiger partial charge < -0.3 is 14.5 Å². The minimum atomic E-state index is -4.72. The van der Waals surface area contributed by atoms with E-state index < -0.39 is 6.36 Å². The number of carbonyl (C=O) groups excluding carboxylic acids is 1. The Morgan fingerprint density at radius 3 is 2.48 bits per heavy atom. The number of alkyl halides is 3. The van der Waals surface area contributed by atoms with E-state index in [1.807, 2.05) is 0 Å². The zero-order valence-corrected chi connectivity index (χ0v) is 13.1. The summed E-state index contributed by atoms with van der Waals surface area (Å²) in [5.41, 5.74) is 0.641. The number of benzene rings is 1. The van der Waals surface area contributed by atoms with Gasteiger partial charge in [0.2, 0.25) is 5.91 Å². The summed E-state index contributed by atoms with van der Waals surface area (Å²) in [7, 11) is 0. The van der Waals surface area contributed by atoms with Gasteiger partial charge in [-0.3, -0.25) is 4.79 Å². The van der Waals surface area contributed by atoms with Crippen molar-refractivity contribution in [3.8, 4) is 5.75 Å². The third kappa shape index (κ3) is 6.19. The summed E-state index contributed by atoms with van der Waals surface area (Å²) in [6.07, 6.45) is -1.92. The van der Waals surface area contributed by atoms with Gasteiger partial charge in [0.1, 0.15) is 11.5 Å². The monoisotopic (exact) mass is 389 g/mol. The Morgan fingerprint density at radius 1 is 1.22 bits per heavy atom. The van der Waals surface area contributed by atoms with Crippen LogP contribution in [0, 0.1) is 0 Å². The van der Waals surface area contributed by atoms with E-state index in [1.54, 1.807) is 12.1 Å².